The van der Waals surface area contributed by atoms with Crippen LogP contribution in [-0.4, -0.2) is 65.5 Å². The Labute approximate surface area is 180 Å². The summed E-state index contributed by atoms with van der Waals surface area (Å²) >= 11 is 0. The van der Waals surface area contributed by atoms with Crippen LogP contribution in [0.15, 0.2) is 42.6 Å². The Morgan fingerprint density at radius 3 is 2.58 bits per heavy atom. The zero-order valence-corrected chi connectivity index (χ0v) is 17.3. The van der Waals surface area contributed by atoms with Crippen molar-refractivity contribution in [3.63, 3.8) is 0 Å². The van der Waals surface area contributed by atoms with Crippen LogP contribution in [0.5, 0.6) is 11.6 Å². The van der Waals surface area contributed by atoms with Crippen LogP contribution in [0.1, 0.15) is 36.0 Å². The number of benzene rings is 1. The third kappa shape index (κ3) is 5.31. The van der Waals surface area contributed by atoms with Gasteiger partial charge < -0.3 is 19.3 Å². The van der Waals surface area contributed by atoms with E-state index in [1.807, 2.05) is 4.90 Å². The van der Waals surface area contributed by atoms with Gasteiger partial charge in [0.15, 0.2) is 6.61 Å². The van der Waals surface area contributed by atoms with Crippen LogP contribution >= 0.6 is 0 Å². The van der Waals surface area contributed by atoms with E-state index in [1.165, 1.54) is 24.3 Å². The molecule has 1 aromatic heterocycles. The molecule has 2 amide bonds. The molecule has 2 aromatic rings. The molecule has 0 spiro atoms. The van der Waals surface area contributed by atoms with E-state index in [-0.39, 0.29) is 30.3 Å². The third-order valence-corrected chi connectivity index (χ3v) is 5.60. The van der Waals surface area contributed by atoms with Gasteiger partial charge in [0.25, 0.3) is 11.8 Å². The monoisotopic (exact) mass is 427 g/mol. The second-order valence-corrected chi connectivity index (χ2v) is 7.82. The molecule has 0 aliphatic carbocycles. The number of piperidine rings is 1. The Bertz CT molecular complexity index is 915. The summed E-state index contributed by atoms with van der Waals surface area (Å²) in [5, 5.41) is 0. The summed E-state index contributed by atoms with van der Waals surface area (Å²) < 4.78 is 24.4. The van der Waals surface area contributed by atoms with Gasteiger partial charge in [-0.2, -0.15) is 0 Å². The van der Waals surface area contributed by atoms with Crippen LogP contribution < -0.4 is 9.47 Å². The van der Waals surface area contributed by atoms with Crippen LogP contribution in [0.4, 0.5) is 4.39 Å². The first-order valence-electron chi connectivity index (χ1n) is 10.7. The predicted molar refractivity (Wildman–Crippen MR) is 111 cm³/mol. The van der Waals surface area contributed by atoms with Crippen molar-refractivity contribution >= 4 is 11.8 Å². The number of carbonyl (C=O) groups excluding carboxylic acids is 2. The number of hydrogen-bond donors (Lipinski definition) is 0. The van der Waals surface area contributed by atoms with Crippen molar-refractivity contribution in [3.8, 4) is 11.6 Å². The van der Waals surface area contributed by atoms with Gasteiger partial charge in [-0.25, -0.2) is 9.37 Å². The SMILES string of the molecule is O=C(COc1ccc(F)cc1)N1CC[C@H](Oc2ncccc2C(=O)N2CCCCC2)C1. The zero-order chi connectivity index (χ0) is 21.6. The van der Waals surface area contributed by atoms with E-state index in [2.05, 4.69) is 4.98 Å². The van der Waals surface area contributed by atoms with Crippen molar-refractivity contribution in [1.29, 1.82) is 0 Å². The summed E-state index contributed by atoms with van der Waals surface area (Å²) in [6, 6.07) is 9.03. The van der Waals surface area contributed by atoms with Crippen molar-refractivity contribution in [2.75, 3.05) is 32.8 Å². The summed E-state index contributed by atoms with van der Waals surface area (Å²) in [6.07, 6.45) is 5.20. The highest BCUT2D eigenvalue weighted by Crippen LogP contribution is 2.23. The highest BCUT2D eigenvalue weighted by Gasteiger charge is 2.30. The van der Waals surface area contributed by atoms with Gasteiger partial charge in [-0.05, 0) is 55.7 Å². The van der Waals surface area contributed by atoms with Crippen molar-refractivity contribution in [2.45, 2.75) is 31.8 Å². The smallest absolute Gasteiger partial charge is 0.260 e. The maximum absolute atomic E-state index is 13.0. The van der Waals surface area contributed by atoms with Gasteiger partial charge >= 0.3 is 0 Å². The Kier molecular flexibility index (Phi) is 6.64. The first-order chi connectivity index (χ1) is 15.1. The number of nitrogens with zero attached hydrogens (tertiary/aromatic N) is 3. The minimum Gasteiger partial charge on any atom is -0.484 e. The van der Waals surface area contributed by atoms with E-state index in [4.69, 9.17) is 9.47 Å². The Morgan fingerprint density at radius 2 is 1.81 bits per heavy atom. The normalized spacial score (nSPS) is 18.7. The highest BCUT2D eigenvalue weighted by molar-refractivity contribution is 5.96. The number of ether oxygens (including phenoxy) is 2. The number of likely N-dealkylation sites (tertiary alicyclic amines) is 2. The lowest BCUT2D eigenvalue weighted by atomic mass is 10.1. The summed E-state index contributed by atoms with van der Waals surface area (Å²) in [6.45, 7) is 2.33. The maximum atomic E-state index is 13.0. The van der Waals surface area contributed by atoms with E-state index in [9.17, 15) is 14.0 Å². The topological polar surface area (TPSA) is 72.0 Å². The molecule has 3 heterocycles. The fraction of sp³-hybridized carbons (Fsp3) is 0.435. The molecule has 0 unspecified atom stereocenters. The van der Waals surface area contributed by atoms with Crippen LogP contribution in [0.2, 0.25) is 0 Å². The van der Waals surface area contributed by atoms with E-state index in [0.29, 0.717) is 36.7 Å². The van der Waals surface area contributed by atoms with Crippen LogP contribution in [-0.2, 0) is 4.79 Å². The minimum atomic E-state index is -0.356. The van der Waals surface area contributed by atoms with Crippen LogP contribution in [0, 0.1) is 5.82 Å². The average Bonchev–Trinajstić information content (AvgIpc) is 3.28. The number of amides is 2. The third-order valence-electron chi connectivity index (χ3n) is 5.60. The van der Waals surface area contributed by atoms with Gasteiger partial charge in [-0.1, -0.05) is 0 Å². The van der Waals surface area contributed by atoms with Gasteiger partial charge in [0.2, 0.25) is 5.88 Å². The number of aromatic nitrogens is 1. The molecule has 2 fully saturated rings. The Hall–Kier alpha value is -3.16. The molecule has 4 rings (SSSR count). The van der Waals surface area contributed by atoms with Crippen LogP contribution in [0.3, 0.4) is 0 Å². The Morgan fingerprint density at radius 1 is 1.03 bits per heavy atom. The molecule has 2 aliphatic rings. The molecule has 0 bridgehead atoms. The molecular weight excluding hydrogens is 401 g/mol. The van der Waals surface area contributed by atoms with E-state index in [1.54, 1.807) is 23.2 Å². The number of halogens is 1. The molecule has 7 nitrogen and oxygen atoms in total. The average molecular weight is 427 g/mol. The van der Waals surface area contributed by atoms with Gasteiger partial charge in [0.05, 0.1) is 6.54 Å². The van der Waals surface area contributed by atoms with Gasteiger partial charge in [0.1, 0.15) is 23.2 Å². The zero-order valence-electron chi connectivity index (χ0n) is 17.3. The van der Waals surface area contributed by atoms with Crippen molar-refractivity contribution in [1.82, 2.24) is 14.8 Å². The second-order valence-electron chi connectivity index (χ2n) is 7.82. The van der Waals surface area contributed by atoms with Gasteiger partial charge in [-0.3, -0.25) is 9.59 Å². The van der Waals surface area contributed by atoms with Crippen molar-refractivity contribution < 1.29 is 23.5 Å². The summed E-state index contributed by atoms with van der Waals surface area (Å²) in [5.74, 6) is 0.185. The molecular formula is C23H26FN3O4. The molecule has 0 N–H and O–H groups in total. The number of carbonyl (C=O) groups is 2. The summed E-state index contributed by atoms with van der Waals surface area (Å²) in [7, 11) is 0. The lowest BCUT2D eigenvalue weighted by Gasteiger charge is -2.27. The number of pyridine rings is 1. The maximum Gasteiger partial charge on any atom is 0.260 e. The first-order valence-corrected chi connectivity index (χ1v) is 10.7. The first kappa shape index (κ1) is 21.1. The van der Waals surface area contributed by atoms with Gasteiger partial charge in [-0.15, -0.1) is 0 Å². The lowest BCUT2D eigenvalue weighted by molar-refractivity contribution is -0.132. The van der Waals surface area contributed by atoms with E-state index < -0.39 is 0 Å². The highest BCUT2D eigenvalue weighted by atomic mass is 19.1. The predicted octanol–water partition coefficient (Wildman–Crippen LogP) is 2.91. The number of rotatable bonds is 6. The molecule has 0 radical (unpaired) electrons. The van der Waals surface area contributed by atoms with Gasteiger partial charge in [0, 0.05) is 32.3 Å². The quantitative estimate of drug-likeness (QED) is 0.709. The van der Waals surface area contributed by atoms with Crippen molar-refractivity contribution in [3.05, 3.63) is 54.0 Å². The van der Waals surface area contributed by atoms with Crippen molar-refractivity contribution in [2.24, 2.45) is 0 Å². The molecule has 8 heteroatoms. The van der Waals surface area contributed by atoms with E-state index >= 15 is 0 Å². The fourth-order valence-electron chi connectivity index (χ4n) is 3.89. The molecule has 164 valence electrons. The van der Waals surface area contributed by atoms with Crippen LogP contribution in [0.25, 0.3) is 0 Å². The molecule has 31 heavy (non-hydrogen) atoms. The standard InChI is InChI=1S/C23H26FN3O4/c24-17-6-8-18(9-7-17)30-16-21(28)27-14-10-19(15-27)31-22-20(5-4-11-25-22)23(29)26-12-2-1-3-13-26/h4-9,11,19H,1-3,10,12-16H2/t19-/m0/s1. The molecule has 2 saturated heterocycles. The molecule has 1 atom stereocenters. The molecule has 2 aliphatic heterocycles. The fourth-order valence-corrected chi connectivity index (χ4v) is 3.89. The summed E-state index contributed by atoms with van der Waals surface area (Å²) in [5.41, 5.74) is 0.466. The second kappa shape index (κ2) is 9.76. The molecule has 0 saturated carbocycles. The number of hydrogen-bond acceptors (Lipinski definition) is 5. The Balaban J connectivity index is 1.32. The summed E-state index contributed by atoms with van der Waals surface area (Å²) in [4.78, 5) is 33.2. The van der Waals surface area contributed by atoms with E-state index in [0.717, 1.165) is 32.4 Å². The largest absolute Gasteiger partial charge is 0.484 e. The lowest BCUT2D eigenvalue weighted by Crippen LogP contribution is -2.36. The minimum absolute atomic E-state index is 0.0542. The molecule has 1 aromatic carbocycles.